The number of hydrogen-bond donors (Lipinski definition) is 0. The van der Waals surface area contributed by atoms with Gasteiger partial charge in [-0.15, -0.1) is 0 Å². The van der Waals surface area contributed by atoms with Gasteiger partial charge in [0.25, 0.3) is 0 Å². The zero-order valence-corrected chi connectivity index (χ0v) is 12.1. The Hall–Kier alpha value is -2.27. The van der Waals surface area contributed by atoms with Gasteiger partial charge in [0.05, 0.1) is 12.5 Å². The maximum atomic E-state index is 8.84. The molecule has 0 amide bonds. The molecule has 0 bridgehead atoms. The Labute approximate surface area is 121 Å². The highest BCUT2D eigenvalue weighted by Crippen LogP contribution is 2.19. The van der Waals surface area contributed by atoms with E-state index in [0.29, 0.717) is 6.42 Å². The third kappa shape index (κ3) is 3.86. The Morgan fingerprint density at radius 1 is 1.00 bits per heavy atom. The monoisotopic (exact) mass is 264 g/mol. The quantitative estimate of drug-likeness (QED) is 0.808. The van der Waals surface area contributed by atoms with Crippen LogP contribution in [0.3, 0.4) is 0 Å². The molecular formula is C18H20N2. The average Bonchev–Trinajstić information content (AvgIpc) is 2.44. The Morgan fingerprint density at radius 2 is 1.75 bits per heavy atom. The summed E-state index contributed by atoms with van der Waals surface area (Å²) >= 11 is 0. The number of anilines is 1. The van der Waals surface area contributed by atoms with Gasteiger partial charge in [0.1, 0.15) is 0 Å². The van der Waals surface area contributed by atoms with Crippen LogP contribution >= 0.6 is 0 Å². The van der Waals surface area contributed by atoms with Gasteiger partial charge in [0.2, 0.25) is 0 Å². The molecule has 0 fully saturated rings. The number of aryl methyl sites for hydroxylation is 2. The Kier molecular flexibility index (Phi) is 4.79. The molecular weight excluding hydrogens is 244 g/mol. The van der Waals surface area contributed by atoms with Gasteiger partial charge in [-0.3, -0.25) is 0 Å². The maximum absolute atomic E-state index is 8.84. The van der Waals surface area contributed by atoms with E-state index in [-0.39, 0.29) is 0 Å². The van der Waals surface area contributed by atoms with Crippen LogP contribution in [0.2, 0.25) is 0 Å². The van der Waals surface area contributed by atoms with Crippen LogP contribution in [0.25, 0.3) is 0 Å². The van der Waals surface area contributed by atoms with E-state index in [1.165, 1.54) is 22.4 Å². The molecule has 2 nitrogen and oxygen atoms in total. The lowest BCUT2D eigenvalue weighted by Gasteiger charge is -2.24. The highest BCUT2D eigenvalue weighted by molar-refractivity contribution is 5.48. The summed E-state index contributed by atoms with van der Waals surface area (Å²) in [6.07, 6.45) is 0.541. The van der Waals surface area contributed by atoms with Gasteiger partial charge in [0.15, 0.2) is 0 Å². The predicted octanol–water partition coefficient (Wildman–Crippen LogP) is 4.22. The van der Waals surface area contributed by atoms with E-state index in [0.717, 1.165) is 13.1 Å². The summed E-state index contributed by atoms with van der Waals surface area (Å²) in [6, 6.07) is 19.3. The van der Waals surface area contributed by atoms with E-state index < -0.39 is 0 Å². The molecule has 2 aromatic rings. The number of nitriles is 1. The fraction of sp³-hybridized carbons (Fsp3) is 0.278. The minimum absolute atomic E-state index is 0.541. The van der Waals surface area contributed by atoms with Crippen molar-refractivity contribution in [3.63, 3.8) is 0 Å². The fourth-order valence-electron chi connectivity index (χ4n) is 2.27. The maximum Gasteiger partial charge on any atom is 0.0640 e. The van der Waals surface area contributed by atoms with Gasteiger partial charge in [0, 0.05) is 18.8 Å². The van der Waals surface area contributed by atoms with Gasteiger partial charge < -0.3 is 4.90 Å². The summed E-state index contributed by atoms with van der Waals surface area (Å²) in [5.41, 5.74) is 4.98. The first-order chi connectivity index (χ1) is 9.69. The molecule has 0 saturated carbocycles. The van der Waals surface area contributed by atoms with Gasteiger partial charge >= 0.3 is 0 Å². The summed E-state index contributed by atoms with van der Waals surface area (Å²) in [5.74, 6) is 0. The molecule has 0 heterocycles. The molecule has 20 heavy (non-hydrogen) atoms. The number of nitrogens with zero attached hydrogens (tertiary/aromatic N) is 2. The van der Waals surface area contributed by atoms with Crippen molar-refractivity contribution in [3.8, 4) is 6.07 Å². The first-order valence-corrected chi connectivity index (χ1v) is 6.93. The van der Waals surface area contributed by atoms with Gasteiger partial charge in [-0.2, -0.15) is 5.26 Å². The van der Waals surface area contributed by atoms with Crippen LogP contribution in [-0.4, -0.2) is 6.54 Å². The Bertz CT molecular complexity index is 594. The number of hydrogen-bond acceptors (Lipinski definition) is 2. The summed E-state index contributed by atoms with van der Waals surface area (Å²) < 4.78 is 0. The zero-order chi connectivity index (χ0) is 14.4. The number of rotatable bonds is 5. The topological polar surface area (TPSA) is 27.0 Å². The van der Waals surface area contributed by atoms with Crippen molar-refractivity contribution in [1.82, 2.24) is 0 Å². The van der Waals surface area contributed by atoms with Gasteiger partial charge in [-0.25, -0.2) is 0 Å². The molecule has 2 heteroatoms. The van der Waals surface area contributed by atoms with Crippen molar-refractivity contribution in [2.45, 2.75) is 26.8 Å². The van der Waals surface area contributed by atoms with E-state index in [2.05, 4.69) is 73.3 Å². The molecule has 0 aliphatic rings. The third-order valence-electron chi connectivity index (χ3n) is 3.35. The molecule has 0 spiro atoms. The Morgan fingerprint density at radius 3 is 2.40 bits per heavy atom. The minimum Gasteiger partial charge on any atom is -0.366 e. The summed E-state index contributed by atoms with van der Waals surface area (Å²) in [7, 11) is 0. The fourth-order valence-corrected chi connectivity index (χ4v) is 2.27. The molecule has 0 unspecified atom stereocenters. The average molecular weight is 264 g/mol. The van der Waals surface area contributed by atoms with Crippen molar-refractivity contribution in [2.75, 3.05) is 11.4 Å². The molecule has 2 rings (SSSR count). The SMILES string of the molecule is Cc1ccc(N(CCC#N)Cc2cccc(C)c2)cc1. The second kappa shape index (κ2) is 6.77. The molecule has 0 saturated heterocycles. The first-order valence-electron chi connectivity index (χ1n) is 6.93. The van der Waals surface area contributed by atoms with E-state index in [1.54, 1.807) is 0 Å². The van der Waals surface area contributed by atoms with E-state index in [9.17, 15) is 0 Å². The molecule has 2 aromatic carbocycles. The van der Waals surface area contributed by atoms with Crippen LogP contribution in [0.1, 0.15) is 23.1 Å². The third-order valence-corrected chi connectivity index (χ3v) is 3.35. The van der Waals surface area contributed by atoms with E-state index >= 15 is 0 Å². The summed E-state index contributed by atoms with van der Waals surface area (Å²) in [5, 5.41) is 8.84. The van der Waals surface area contributed by atoms with Crippen molar-refractivity contribution in [1.29, 1.82) is 5.26 Å². The standard InChI is InChI=1S/C18H20N2/c1-15-7-9-18(10-8-15)20(12-4-11-19)14-17-6-3-5-16(2)13-17/h3,5-10,13H,4,12,14H2,1-2H3. The second-order valence-electron chi connectivity index (χ2n) is 5.15. The predicted molar refractivity (Wildman–Crippen MR) is 83.6 cm³/mol. The van der Waals surface area contributed by atoms with Crippen LogP contribution in [0.5, 0.6) is 0 Å². The van der Waals surface area contributed by atoms with Crippen molar-refractivity contribution >= 4 is 5.69 Å². The van der Waals surface area contributed by atoms with E-state index in [1.807, 2.05) is 0 Å². The molecule has 0 aliphatic carbocycles. The molecule has 0 radical (unpaired) electrons. The van der Waals surface area contributed by atoms with Crippen LogP contribution < -0.4 is 4.90 Å². The van der Waals surface area contributed by atoms with Gasteiger partial charge in [-0.05, 0) is 31.5 Å². The van der Waals surface area contributed by atoms with Crippen molar-refractivity contribution in [3.05, 3.63) is 65.2 Å². The van der Waals surface area contributed by atoms with E-state index in [4.69, 9.17) is 5.26 Å². The molecule has 102 valence electrons. The van der Waals surface area contributed by atoms with Crippen LogP contribution in [0.4, 0.5) is 5.69 Å². The van der Waals surface area contributed by atoms with Crippen LogP contribution in [0, 0.1) is 25.2 Å². The molecule has 0 aromatic heterocycles. The van der Waals surface area contributed by atoms with Crippen molar-refractivity contribution < 1.29 is 0 Å². The normalized spacial score (nSPS) is 10.1. The lowest BCUT2D eigenvalue weighted by atomic mass is 10.1. The largest absolute Gasteiger partial charge is 0.366 e. The Balaban J connectivity index is 2.19. The first kappa shape index (κ1) is 14.1. The highest BCUT2D eigenvalue weighted by Gasteiger charge is 2.07. The van der Waals surface area contributed by atoms with Crippen LogP contribution in [-0.2, 0) is 6.54 Å². The molecule has 0 N–H and O–H groups in total. The summed E-state index contributed by atoms with van der Waals surface area (Å²) in [6.45, 7) is 5.79. The summed E-state index contributed by atoms with van der Waals surface area (Å²) in [4.78, 5) is 2.26. The van der Waals surface area contributed by atoms with Crippen LogP contribution in [0.15, 0.2) is 48.5 Å². The molecule has 0 aliphatic heterocycles. The van der Waals surface area contributed by atoms with Crippen molar-refractivity contribution in [2.24, 2.45) is 0 Å². The lowest BCUT2D eigenvalue weighted by molar-refractivity contribution is 0.797. The number of benzene rings is 2. The second-order valence-corrected chi connectivity index (χ2v) is 5.15. The van der Waals surface area contributed by atoms with Gasteiger partial charge in [-0.1, -0.05) is 47.5 Å². The molecule has 0 atom stereocenters. The minimum atomic E-state index is 0.541. The smallest absolute Gasteiger partial charge is 0.0640 e. The highest BCUT2D eigenvalue weighted by atomic mass is 15.1. The lowest BCUT2D eigenvalue weighted by Crippen LogP contribution is -2.23. The zero-order valence-electron chi connectivity index (χ0n) is 12.1.